The summed E-state index contributed by atoms with van der Waals surface area (Å²) >= 11 is 2.23. The zero-order valence-corrected chi connectivity index (χ0v) is 13.2. The van der Waals surface area contributed by atoms with E-state index in [1.54, 1.807) is 0 Å². The summed E-state index contributed by atoms with van der Waals surface area (Å²) in [4.78, 5) is 13.9. The Hall–Kier alpha value is -0.820. The van der Waals surface area contributed by atoms with Crippen LogP contribution in [0.1, 0.15) is 13.3 Å². The number of carbonyl (C=O) groups excluding carboxylic acids is 1. The van der Waals surface area contributed by atoms with E-state index in [-0.39, 0.29) is 17.9 Å². The van der Waals surface area contributed by atoms with E-state index in [9.17, 15) is 4.79 Å². The number of likely N-dealkylation sites (tertiary alicyclic amines) is 1. The summed E-state index contributed by atoms with van der Waals surface area (Å²) in [5, 5.41) is 0. The highest BCUT2D eigenvalue weighted by Crippen LogP contribution is 2.28. The molecule has 0 spiro atoms. The van der Waals surface area contributed by atoms with Crippen molar-refractivity contribution in [1.29, 1.82) is 0 Å². The van der Waals surface area contributed by atoms with Crippen LogP contribution in [0.15, 0.2) is 24.3 Å². The molecule has 1 aromatic rings. The van der Waals surface area contributed by atoms with E-state index in [0.29, 0.717) is 6.54 Å². The highest BCUT2D eigenvalue weighted by Gasteiger charge is 2.34. The van der Waals surface area contributed by atoms with Gasteiger partial charge in [0.1, 0.15) is 5.75 Å². The van der Waals surface area contributed by atoms with Crippen LogP contribution in [0.5, 0.6) is 5.75 Å². The molecule has 5 heteroatoms. The number of rotatable bonds is 4. The van der Waals surface area contributed by atoms with Crippen LogP contribution in [0.25, 0.3) is 0 Å². The van der Waals surface area contributed by atoms with Crippen LogP contribution in [-0.4, -0.2) is 37.0 Å². The lowest BCUT2D eigenvalue weighted by atomic mass is 9.90. The molecule has 0 bridgehead atoms. The Morgan fingerprint density at radius 3 is 2.74 bits per heavy atom. The largest absolute Gasteiger partial charge is 0.484 e. The predicted molar refractivity (Wildman–Crippen MR) is 83.0 cm³/mol. The van der Waals surface area contributed by atoms with E-state index < -0.39 is 0 Å². The summed E-state index contributed by atoms with van der Waals surface area (Å²) in [6, 6.07) is 7.68. The first-order chi connectivity index (χ1) is 9.02. The number of nitrogens with two attached hydrogens (primary N) is 1. The third-order valence-corrected chi connectivity index (χ3v) is 4.30. The summed E-state index contributed by atoms with van der Waals surface area (Å²) in [6.45, 7) is 4.36. The zero-order valence-electron chi connectivity index (χ0n) is 11.1. The van der Waals surface area contributed by atoms with Crippen molar-refractivity contribution >= 4 is 28.5 Å². The minimum atomic E-state index is 0.0377. The smallest absolute Gasteiger partial charge is 0.260 e. The monoisotopic (exact) mass is 374 g/mol. The Kier molecular flexibility index (Phi) is 4.67. The van der Waals surface area contributed by atoms with Gasteiger partial charge in [-0.05, 0) is 65.2 Å². The molecule has 1 amide bonds. The Bertz CT molecular complexity index is 449. The quantitative estimate of drug-likeness (QED) is 0.819. The van der Waals surface area contributed by atoms with Gasteiger partial charge in [0.25, 0.3) is 5.91 Å². The molecule has 104 valence electrons. The molecule has 0 radical (unpaired) electrons. The van der Waals surface area contributed by atoms with Crippen LogP contribution in [0.2, 0.25) is 0 Å². The molecule has 1 aliphatic heterocycles. The second kappa shape index (κ2) is 6.09. The first kappa shape index (κ1) is 14.6. The minimum absolute atomic E-state index is 0.0377. The Morgan fingerprint density at radius 1 is 1.47 bits per heavy atom. The van der Waals surface area contributed by atoms with Crippen molar-refractivity contribution in [2.24, 2.45) is 11.1 Å². The van der Waals surface area contributed by atoms with Crippen molar-refractivity contribution in [2.45, 2.75) is 13.3 Å². The van der Waals surface area contributed by atoms with Crippen molar-refractivity contribution in [3.63, 3.8) is 0 Å². The summed E-state index contributed by atoms with van der Waals surface area (Å²) < 4.78 is 6.66. The number of benzene rings is 1. The van der Waals surface area contributed by atoms with Gasteiger partial charge in [-0.2, -0.15) is 0 Å². The average Bonchev–Trinajstić information content (AvgIpc) is 2.81. The molecule has 1 unspecified atom stereocenters. The van der Waals surface area contributed by atoms with Gasteiger partial charge in [-0.3, -0.25) is 4.79 Å². The number of halogens is 1. The zero-order chi connectivity index (χ0) is 13.9. The molecule has 1 fully saturated rings. The topological polar surface area (TPSA) is 55.6 Å². The molecule has 19 heavy (non-hydrogen) atoms. The van der Waals surface area contributed by atoms with E-state index in [1.165, 1.54) is 0 Å². The van der Waals surface area contributed by atoms with E-state index in [0.717, 1.165) is 28.8 Å². The number of nitrogens with zero attached hydrogens (tertiary/aromatic N) is 1. The molecule has 1 aliphatic rings. The lowest BCUT2D eigenvalue weighted by Crippen LogP contribution is -2.36. The van der Waals surface area contributed by atoms with Crippen LogP contribution < -0.4 is 10.5 Å². The van der Waals surface area contributed by atoms with E-state index in [4.69, 9.17) is 10.5 Å². The van der Waals surface area contributed by atoms with Gasteiger partial charge in [-0.15, -0.1) is 0 Å². The van der Waals surface area contributed by atoms with Gasteiger partial charge in [0.15, 0.2) is 6.61 Å². The van der Waals surface area contributed by atoms with Crippen LogP contribution in [0.4, 0.5) is 0 Å². The van der Waals surface area contributed by atoms with Crippen molar-refractivity contribution in [3.8, 4) is 5.75 Å². The highest BCUT2D eigenvalue weighted by atomic mass is 127. The standard InChI is InChI=1S/C14H19IN2O2/c1-14(9-16)6-7-17(10-14)13(18)8-19-12-4-2-11(15)3-5-12/h2-5H,6-10,16H2,1H3. The minimum Gasteiger partial charge on any atom is -0.484 e. The maximum Gasteiger partial charge on any atom is 0.260 e. The van der Waals surface area contributed by atoms with Gasteiger partial charge in [0, 0.05) is 16.7 Å². The van der Waals surface area contributed by atoms with Crippen molar-refractivity contribution in [1.82, 2.24) is 4.90 Å². The van der Waals surface area contributed by atoms with Gasteiger partial charge < -0.3 is 15.4 Å². The molecular weight excluding hydrogens is 355 g/mol. The molecule has 0 aromatic heterocycles. The van der Waals surface area contributed by atoms with Crippen LogP contribution in [0.3, 0.4) is 0 Å². The number of ether oxygens (including phenoxy) is 1. The summed E-state index contributed by atoms with van der Waals surface area (Å²) in [5.74, 6) is 0.769. The van der Waals surface area contributed by atoms with Gasteiger partial charge >= 0.3 is 0 Å². The van der Waals surface area contributed by atoms with Crippen LogP contribution in [0, 0.1) is 8.99 Å². The lowest BCUT2D eigenvalue weighted by Gasteiger charge is -2.22. The highest BCUT2D eigenvalue weighted by molar-refractivity contribution is 14.1. The third kappa shape index (κ3) is 3.82. The van der Waals surface area contributed by atoms with Crippen LogP contribution in [-0.2, 0) is 4.79 Å². The predicted octanol–water partition coefficient (Wildman–Crippen LogP) is 1.87. The normalized spacial score (nSPS) is 22.6. The van der Waals surface area contributed by atoms with Gasteiger partial charge in [-0.25, -0.2) is 0 Å². The lowest BCUT2D eigenvalue weighted by molar-refractivity contribution is -0.132. The molecule has 0 aliphatic carbocycles. The number of carbonyl (C=O) groups is 1. The number of amides is 1. The SMILES string of the molecule is CC1(CN)CCN(C(=O)COc2ccc(I)cc2)C1. The van der Waals surface area contributed by atoms with Crippen molar-refractivity contribution < 1.29 is 9.53 Å². The summed E-state index contributed by atoms with van der Waals surface area (Å²) in [7, 11) is 0. The fraction of sp³-hybridized carbons (Fsp3) is 0.500. The van der Waals surface area contributed by atoms with Crippen LogP contribution >= 0.6 is 22.6 Å². The fourth-order valence-corrected chi connectivity index (χ4v) is 2.53. The van der Waals surface area contributed by atoms with Gasteiger partial charge in [-0.1, -0.05) is 6.92 Å². The van der Waals surface area contributed by atoms with E-state index in [1.807, 2.05) is 29.2 Å². The Labute approximate surface area is 127 Å². The molecule has 2 N–H and O–H groups in total. The number of hydrogen-bond acceptors (Lipinski definition) is 3. The molecule has 1 atom stereocenters. The molecule has 1 aromatic carbocycles. The van der Waals surface area contributed by atoms with Crippen molar-refractivity contribution in [3.05, 3.63) is 27.8 Å². The maximum atomic E-state index is 12.0. The average molecular weight is 374 g/mol. The Morgan fingerprint density at radius 2 is 2.16 bits per heavy atom. The second-order valence-corrected chi connectivity index (χ2v) is 6.57. The first-order valence-electron chi connectivity index (χ1n) is 6.39. The maximum absolute atomic E-state index is 12.0. The van der Waals surface area contributed by atoms with Crippen molar-refractivity contribution in [2.75, 3.05) is 26.2 Å². The third-order valence-electron chi connectivity index (χ3n) is 3.58. The van der Waals surface area contributed by atoms with Gasteiger partial charge in [0.05, 0.1) is 0 Å². The molecule has 0 saturated carbocycles. The molecule has 2 rings (SSSR count). The van der Waals surface area contributed by atoms with E-state index in [2.05, 4.69) is 29.5 Å². The first-order valence-corrected chi connectivity index (χ1v) is 7.46. The Balaban J connectivity index is 1.84. The van der Waals surface area contributed by atoms with E-state index >= 15 is 0 Å². The fourth-order valence-electron chi connectivity index (χ4n) is 2.17. The second-order valence-electron chi connectivity index (χ2n) is 5.32. The number of hydrogen-bond donors (Lipinski definition) is 1. The molecule has 1 saturated heterocycles. The molecular formula is C14H19IN2O2. The molecule has 4 nitrogen and oxygen atoms in total. The molecule has 1 heterocycles. The van der Waals surface area contributed by atoms with Gasteiger partial charge in [0.2, 0.25) is 0 Å². The summed E-state index contributed by atoms with van der Waals surface area (Å²) in [6.07, 6.45) is 0.971. The summed E-state index contributed by atoms with van der Waals surface area (Å²) in [5.41, 5.74) is 5.81.